The van der Waals surface area contributed by atoms with Crippen molar-refractivity contribution < 1.29 is 19.9 Å². The highest BCUT2D eigenvalue weighted by Gasteiger charge is 2.34. The summed E-state index contributed by atoms with van der Waals surface area (Å²) in [6.07, 6.45) is 3.45. The van der Waals surface area contributed by atoms with Gasteiger partial charge in [-0.1, -0.05) is 12.8 Å². The molecule has 0 spiro atoms. The zero-order valence-corrected chi connectivity index (χ0v) is 13.2. The number of likely N-dealkylation sites (tertiary alicyclic amines) is 1. The SMILES string of the molecule is Cl.Cl.NC(CCCCB(O)O)(CCN1CCC1)C(=O)O. The van der Waals surface area contributed by atoms with Gasteiger partial charge in [-0.25, -0.2) is 0 Å². The Morgan fingerprint density at radius 2 is 1.80 bits per heavy atom. The van der Waals surface area contributed by atoms with Gasteiger partial charge in [0.25, 0.3) is 0 Å². The lowest BCUT2D eigenvalue weighted by Crippen LogP contribution is -2.51. The highest BCUT2D eigenvalue weighted by molar-refractivity contribution is 6.40. The second-order valence-electron chi connectivity index (χ2n) is 5.13. The molecule has 1 unspecified atom stereocenters. The molecule has 0 saturated carbocycles. The lowest BCUT2D eigenvalue weighted by molar-refractivity contribution is -0.144. The molecule has 9 heteroatoms. The number of carboxylic acids is 1. The molecule has 1 heterocycles. The zero-order valence-electron chi connectivity index (χ0n) is 11.5. The number of rotatable bonds is 9. The van der Waals surface area contributed by atoms with Crippen LogP contribution in [0.4, 0.5) is 0 Å². The molecule has 0 bridgehead atoms. The van der Waals surface area contributed by atoms with Crippen LogP contribution in [0.15, 0.2) is 0 Å². The second kappa shape index (κ2) is 10.6. The smallest absolute Gasteiger partial charge is 0.451 e. The van der Waals surface area contributed by atoms with Gasteiger partial charge in [0, 0.05) is 6.54 Å². The number of hydrogen-bond acceptors (Lipinski definition) is 5. The highest BCUT2D eigenvalue weighted by Crippen LogP contribution is 2.19. The number of nitrogens with zero attached hydrogens (tertiary/aromatic N) is 1. The molecule has 0 aromatic carbocycles. The fraction of sp³-hybridized carbons (Fsp3) is 0.909. The second-order valence-corrected chi connectivity index (χ2v) is 5.13. The lowest BCUT2D eigenvalue weighted by Gasteiger charge is -2.34. The molecule has 6 nitrogen and oxygen atoms in total. The van der Waals surface area contributed by atoms with E-state index in [0.717, 1.165) is 19.6 Å². The first-order chi connectivity index (χ1) is 8.44. The summed E-state index contributed by atoms with van der Waals surface area (Å²) in [5, 5.41) is 26.6. The fourth-order valence-corrected chi connectivity index (χ4v) is 2.07. The lowest BCUT2D eigenvalue weighted by atomic mass is 9.81. The normalized spacial score (nSPS) is 17.1. The van der Waals surface area contributed by atoms with Crippen molar-refractivity contribution in [1.82, 2.24) is 4.90 Å². The van der Waals surface area contributed by atoms with Gasteiger partial charge in [-0.2, -0.15) is 0 Å². The van der Waals surface area contributed by atoms with Crippen molar-refractivity contribution in [3.8, 4) is 0 Å². The number of carboxylic acid groups (broad SMARTS) is 1. The Morgan fingerprint density at radius 1 is 1.20 bits per heavy atom. The Bertz CT molecular complexity index is 283. The summed E-state index contributed by atoms with van der Waals surface area (Å²) >= 11 is 0. The minimum absolute atomic E-state index is 0. The molecule has 0 aromatic rings. The third-order valence-electron chi connectivity index (χ3n) is 3.58. The predicted molar refractivity (Wildman–Crippen MR) is 83.6 cm³/mol. The van der Waals surface area contributed by atoms with Crippen molar-refractivity contribution >= 4 is 37.9 Å². The molecule has 1 atom stereocenters. The Morgan fingerprint density at radius 3 is 2.20 bits per heavy atom. The monoisotopic (exact) mass is 330 g/mol. The molecule has 20 heavy (non-hydrogen) atoms. The van der Waals surface area contributed by atoms with Crippen LogP contribution in [0.3, 0.4) is 0 Å². The first-order valence-corrected chi connectivity index (χ1v) is 6.55. The van der Waals surface area contributed by atoms with Gasteiger partial charge in [0.15, 0.2) is 0 Å². The summed E-state index contributed by atoms with van der Waals surface area (Å²) in [5.41, 5.74) is 4.75. The minimum atomic E-state index is -1.32. The summed E-state index contributed by atoms with van der Waals surface area (Å²) in [5.74, 6) is -0.965. The van der Waals surface area contributed by atoms with E-state index in [0.29, 0.717) is 25.7 Å². The third-order valence-corrected chi connectivity index (χ3v) is 3.58. The van der Waals surface area contributed by atoms with Crippen molar-refractivity contribution in [2.75, 3.05) is 19.6 Å². The third kappa shape index (κ3) is 7.66. The van der Waals surface area contributed by atoms with E-state index in [-0.39, 0.29) is 31.1 Å². The van der Waals surface area contributed by atoms with E-state index in [9.17, 15) is 9.90 Å². The van der Waals surface area contributed by atoms with Crippen LogP contribution in [0.2, 0.25) is 6.32 Å². The molecule has 1 aliphatic rings. The Kier molecular flexibility index (Phi) is 11.8. The Balaban J connectivity index is 0. The molecule has 120 valence electrons. The Hall–Kier alpha value is -0.0451. The molecule has 0 aliphatic carbocycles. The van der Waals surface area contributed by atoms with Gasteiger partial charge in [0.05, 0.1) is 0 Å². The molecule has 1 fully saturated rings. The van der Waals surface area contributed by atoms with E-state index < -0.39 is 18.6 Å². The van der Waals surface area contributed by atoms with Crippen molar-refractivity contribution in [3.63, 3.8) is 0 Å². The van der Waals surface area contributed by atoms with E-state index in [1.807, 2.05) is 0 Å². The maximum atomic E-state index is 11.2. The van der Waals surface area contributed by atoms with E-state index in [1.54, 1.807) is 0 Å². The summed E-state index contributed by atoms with van der Waals surface area (Å²) in [4.78, 5) is 13.4. The van der Waals surface area contributed by atoms with Crippen molar-refractivity contribution in [3.05, 3.63) is 0 Å². The van der Waals surface area contributed by atoms with Gasteiger partial charge < -0.3 is 25.8 Å². The van der Waals surface area contributed by atoms with Crippen LogP contribution in [0.25, 0.3) is 0 Å². The summed E-state index contributed by atoms with van der Waals surface area (Å²) < 4.78 is 0. The average molecular weight is 331 g/mol. The molecule has 1 aliphatic heterocycles. The predicted octanol–water partition coefficient (Wildman–Crippen LogP) is 0.351. The topological polar surface area (TPSA) is 107 Å². The van der Waals surface area contributed by atoms with Crippen molar-refractivity contribution in [2.24, 2.45) is 5.73 Å². The number of carbonyl (C=O) groups is 1. The molecule has 0 radical (unpaired) electrons. The minimum Gasteiger partial charge on any atom is -0.480 e. The van der Waals surface area contributed by atoms with E-state index in [4.69, 9.17) is 15.8 Å². The van der Waals surface area contributed by atoms with Crippen LogP contribution >= 0.6 is 24.8 Å². The van der Waals surface area contributed by atoms with Gasteiger partial charge in [0.2, 0.25) is 0 Å². The van der Waals surface area contributed by atoms with Gasteiger partial charge >= 0.3 is 13.1 Å². The summed E-state index contributed by atoms with van der Waals surface area (Å²) in [6.45, 7) is 2.80. The van der Waals surface area contributed by atoms with Crippen molar-refractivity contribution in [2.45, 2.75) is 44.0 Å². The van der Waals surface area contributed by atoms with Crippen LogP contribution < -0.4 is 5.73 Å². The number of nitrogens with two attached hydrogens (primary N) is 1. The van der Waals surface area contributed by atoms with E-state index in [1.165, 1.54) is 6.42 Å². The number of unbranched alkanes of at least 4 members (excludes halogenated alkanes) is 1. The van der Waals surface area contributed by atoms with Crippen LogP contribution in [-0.2, 0) is 4.79 Å². The van der Waals surface area contributed by atoms with E-state index >= 15 is 0 Å². The largest absolute Gasteiger partial charge is 0.480 e. The number of aliphatic carboxylic acids is 1. The molecule has 5 N–H and O–H groups in total. The van der Waals surface area contributed by atoms with Crippen LogP contribution in [-0.4, -0.2) is 58.3 Å². The first-order valence-electron chi connectivity index (χ1n) is 6.55. The quantitative estimate of drug-likeness (QED) is 0.359. The number of hydrogen-bond donors (Lipinski definition) is 4. The van der Waals surface area contributed by atoms with Crippen LogP contribution in [0.5, 0.6) is 0 Å². The maximum absolute atomic E-state index is 11.2. The van der Waals surface area contributed by atoms with Gasteiger partial charge in [-0.15, -0.1) is 24.8 Å². The van der Waals surface area contributed by atoms with E-state index in [2.05, 4.69) is 4.90 Å². The van der Waals surface area contributed by atoms with Gasteiger partial charge in [0.1, 0.15) is 5.54 Å². The zero-order chi connectivity index (χ0) is 13.6. The average Bonchev–Trinajstić information content (AvgIpc) is 2.21. The molecular weight excluding hydrogens is 306 g/mol. The van der Waals surface area contributed by atoms with Gasteiger partial charge in [-0.05, 0) is 38.7 Å². The maximum Gasteiger partial charge on any atom is 0.451 e. The number of halogens is 2. The van der Waals surface area contributed by atoms with Crippen LogP contribution in [0.1, 0.15) is 32.1 Å². The molecular formula is C11H25BCl2N2O4. The Labute approximate surface area is 132 Å². The summed E-state index contributed by atoms with van der Waals surface area (Å²) in [6, 6.07) is 0. The molecule has 0 amide bonds. The highest BCUT2D eigenvalue weighted by atomic mass is 35.5. The molecule has 1 rings (SSSR count). The molecule has 0 aromatic heterocycles. The summed E-state index contributed by atoms with van der Waals surface area (Å²) in [7, 11) is -1.32. The van der Waals surface area contributed by atoms with Gasteiger partial charge in [-0.3, -0.25) is 4.79 Å². The van der Waals surface area contributed by atoms with Crippen molar-refractivity contribution in [1.29, 1.82) is 0 Å². The molecule has 1 saturated heterocycles. The standard InChI is InChI=1S/C11H23BN2O4.2ClH/c13-11(10(15)16,4-1-2-6-12(17)18)5-9-14-7-3-8-14;;/h17-18H,1-9,13H2,(H,15,16);2*1H. The van der Waals surface area contributed by atoms with Crippen LogP contribution in [0, 0.1) is 0 Å². The first kappa shape index (κ1) is 22.2. The fourth-order valence-electron chi connectivity index (χ4n) is 2.07.